The highest BCUT2D eigenvalue weighted by Crippen LogP contribution is 2.19. The average Bonchev–Trinajstić information content (AvgIpc) is 2.78. The fourth-order valence-electron chi connectivity index (χ4n) is 1.27. The van der Waals surface area contributed by atoms with E-state index >= 15 is 0 Å². The van der Waals surface area contributed by atoms with E-state index < -0.39 is 12.6 Å². The second kappa shape index (κ2) is 4.99. The third-order valence-corrected chi connectivity index (χ3v) is 2.28. The van der Waals surface area contributed by atoms with Crippen LogP contribution in [0.5, 0.6) is 0 Å². The Morgan fingerprint density at radius 3 is 2.71 bits per heavy atom. The molecule has 1 aromatic heterocycles. The monoisotopic (exact) mass is 252 g/mol. The summed E-state index contributed by atoms with van der Waals surface area (Å²) in [5.41, 5.74) is 1.50. The molecule has 0 amide bonds. The molecular formula is C11H9ClN2O3. The molecule has 88 valence electrons. The van der Waals surface area contributed by atoms with Gasteiger partial charge in [-0.1, -0.05) is 28.6 Å². The van der Waals surface area contributed by atoms with Crippen molar-refractivity contribution in [2.75, 3.05) is 6.61 Å². The molecule has 0 radical (unpaired) electrons. The summed E-state index contributed by atoms with van der Waals surface area (Å²) in [6, 6.07) is 8.80. The van der Waals surface area contributed by atoms with Gasteiger partial charge in [0, 0.05) is 10.6 Å². The Kier molecular flexibility index (Phi) is 3.41. The molecule has 0 atom stereocenters. The molecule has 6 heteroatoms. The second-order valence-corrected chi connectivity index (χ2v) is 3.67. The first-order valence-electron chi connectivity index (χ1n) is 4.82. The lowest BCUT2D eigenvalue weighted by Gasteiger charge is -1.99. The van der Waals surface area contributed by atoms with E-state index in [9.17, 15) is 4.79 Å². The van der Waals surface area contributed by atoms with E-state index in [-0.39, 0.29) is 0 Å². The summed E-state index contributed by atoms with van der Waals surface area (Å²) in [7, 11) is 0. The van der Waals surface area contributed by atoms with Gasteiger partial charge in [0.1, 0.15) is 6.61 Å². The summed E-state index contributed by atoms with van der Waals surface area (Å²) in [5.74, 6) is -0.768. The maximum absolute atomic E-state index is 10.8. The summed E-state index contributed by atoms with van der Waals surface area (Å²) < 4.78 is 0. The summed E-state index contributed by atoms with van der Waals surface area (Å²) in [4.78, 5) is 16.5. The van der Waals surface area contributed by atoms with Gasteiger partial charge in [0.25, 0.3) is 0 Å². The van der Waals surface area contributed by atoms with Gasteiger partial charge in [0.2, 0.25) is 0 Å². The number of aliphatic hydroxyl groups excluding tert-OH is 1. The van der Waals surface area contributed by atoms with E-state index in [1.165, 1.54) is 6.20 Å². The predicted octanol–water partition coefficient (Wildman–Crippen LogP) is 1.15. The van der Waals surface area contributed by atoms with Crippen molar-refractivity contribution in [2.24, 2.45) is 0 Å². The molecule has 0 saturated carbocycles. The number of benzene rings is 1. The number of nitrogens with zero attached hydrogens (tertiary/aromatic N) is 2. The van der Waals surface area contributed by atoms with E-state index in [4.69, 9.17) is 16.7 Å². The smallest absolute Gasteiger partial charge is 0.360 e. The van der Waals surface area contributed by atoms with E-state index in [0.29, 0.717) is 10.7 Å². The van der Waals surface area contributed by atoms with Crippen molar-refractivity contribution in [1.82, 2.24) is 9.94 Å². The first kappa shape index (κ1) is 11.6. The van der Waals surface area contributed by atoms with Gasteiger partial charge in [-0.25, -0.2) is 4.79 Å². The summed E-state index contributed by atoms with van der Waals surface area (Å²) in [6.45, 7) is -0.684. The number of aromatic nitrogens is 2. The minimum atomic E-state index is -0.768. The maximum Gasteiger partial charge on any atom is 0.360 e. The molecule has 0 aliphatic rings. The number of hydrogen-bond donors (Lipinski definition) is 1. The number of carbonyl (C=O) groups excluding carboxylic acids is 1. The second-order valence-electron chi connectivity index (χ2n) is 3.23. The Bertz CT molecular complexity index is 522. The fourth-order valence-corrected chi connectivity index (χ4v) is 1.39. The van der Waals surface area contributed by atoms with Crippen LogP contribution >= 0.6 is 11.6 Å². The minimum absolute atomic E-state index is 0.639. The van der Waals surface area contributed by atoms with E-state index in [1.807, 2.05) is 12.1 Å². The quantitative estimate of drug-likeness (QED) is 0.890. The number of hydrogen-bond acceptors (Lipinski definition) is 4. The van der Waals surface area contributed by atoms with Gasteiger partial charge in [-0.2, -0.15) is 0 Å². The molecule has 5 nitrogen and oxygen atoms in total. The van der Waals surface area contributed by atoms with Crippen molar-refractivity contribution in [3.63, 3.8) is 0 Å². The molecule has 17 heavy (non-hydrogen) atoms. The highest BCUT2D eigenvalue weighted by atomic mass is 35.5. The Hall–Kier alpha value is -1.85. The van der Waals surface area contributed by atoms with Gasteiger partial charge < -0.3 is 9.94 Å². The predicted molar refractivity (Wildman–Crippen MR) is 61.3 cm³/mol. The zero-order chi connectivity index (χ0) is 12.3. The third kappa shape index (κ3) is 2.83. The van der Waals surface area contributed by atoms with Gasteiger partial charge in [0.05, 0.1) is 11.9 Å². The van der Waals surface area contributed by atoms with Gasteiger partial charge >= 0.3 is 5.97 Å². The van der Waals surface area contributed by atoms with Crippen LogP contribution in [0.2, 0.25) is 5.02 Å². The fraction of sp³-hybridized carbons (Fsp3) is 0.0909. The maximum atomic E-state index is 10.8. The molecule has 0 spiro atoms. The Morgan fingerprint density at radius 2 is 2.06 bits per heavy atom. The minimum Gasteiger partial charge on any atom is -0.385 e. The highest BCUT2D eigenvalue weighted by Gasteiger charge is 2.06. The molecular weight excluding hydrogens is 244 g/mol. The molecule has 0 saturated heterocycles. The molecule has 0 aliphatic carbocycles. The topological polar surface area (TPSA) is 64.3 Å². The van der Waals surface area contributed by atoms with Crippen LogP contribution in [0.15, 0.2) is 36.5 Å². The molecule has 1 N–H and O–H groups in total. The Labute approximate surface area is 102 Å². The summed E-state index contributed by atoms with van der Waals surface area (Å²) in [5, 5.41) is 13.2. The van der Waals surface area contributed by atoms with Crippen molar-refractivity contribution >= 4 is 17.6 Å². The van der Waals surface area contributed by atoms with Gasteiger partial charge in [-0.3, -0.25) is 0 Å². The Balaban J connectivity index is 2.18. The lowest BCUT2D eigenvalue weighted by molar-refractivity contribution is -0.149. The van der Waals surface area contributed by atoms with Crippen molar-refractivity contribution in [2.45, 2.75) is 0 Å². The van der Waals surface area contributed by atoms with Crippen LogP contribution in [0.25, 0.3) is 11.3 Å². The molecule has 0 bridgehead atoms. The van der Waals surface area contributed by atoms with E-state index in [0.717, 1.165) is 10.4 Å². The largest absolute Gasteiger partial charge is 0.385 e. The van der Waals surface area contributed by atoms with Crippen molar-refractivity contribution < 1.29 is 14.7 Å². The summed E-state index contributed by atoms with van der Waals surface area (Å²) >= 11 is 5.77. The van der Waals surface area contributed by atoms with E-state index in [1.54, 1.807) is 18.2 Å². The van der Waals surface area contributed by atoms with Crippen LogP contribution < -0.4 is 4.84 Å². The number of halogens is 1. The normalized spacial score (nSPS) is 10.2. The van der Waals surface area contributed by atoms with Crippen molar-refractivity contribution in [3.05, 3.63) is 41.6 Å². The molecule has 0 unspecified atom stereocenters. The lowest BCUT2D eigenvalue weighted by Crippen LogP contribution is -2.22. The summed E-state index contributed by atoms with van der Waals surface area (Å²) in [6.07, 6.45) is 1.48. The van der Waals surface area contributed by atoms with Crippen LogP contribution in [0.3, 0.4) is 0 Å². The first-order chi connectivity index (χ1) is 8.19. The average molecular weight is 253 g/mol. The molecule has 0 aliphatic heterocycles. The molecule has 0 fully saturated rings. The van der Waals surface area contributed by atoms with Gasteiger partial charge in [0.15, 0.2) is 0 Å². The van der Waals surface area contributed by atoms with Crippen LogP contribution in [0.1, 0.15) is 0 Å². The lowest BCUT2D eigenvalue weighted by atomic mass is 10.2. The number of aliphatic hydroxyl groups is 1. The first-order valence-corrected chi connectivity index (χ1v) is 5.20. The van der Waals surface area contributed by atoms with Gasteiger partial charge in [-0.15, -0.1) is 5.10 Å². The highest BCUT2D eigenvalue weighted by molar-refractivity contribution is 6.30. The van der Waals surface area contributed by atoms with Crippen molar-refractivity contribution in [1.29, 1.82) is 0 Å². The van der Waals surface area contributed by atoms with Crippen LogP contribution in [0.4, 0.5) is 0 Å². The van der Waals surface area contributed by atoms with E-state index in [2.05, 4.69) is 9.94 Å². The zero-order valence-corrected chi connectivity index (χ0v) is 9.46. The van der Waals surface area contributed by atoms with Crippen LogP contribution in [-0.4, -0.2) is 27.6 Å². The third-order valence-electron chi connectivity index (χ3n) is 2.03. The Morgan fingerprint density at radius 1 is 1.35 bits per heavy atom. The standard InChI is InChI=1S/C11H9ClN2O3/c12-9-3-1-8(2-4-9)10-5-6-14(13-10)17-11(16)7-15/h1-6,15H,7H2. The SMILES string of the molecule is O=C(CO)On1ccc(-c2ccc(Cl)cc2)n1. The number of carbonyl (C=O) groups is 1. The van der Waals surface area contributed by atoms with Crippen LogP contribution in [0, 0.1) is 0 Å². The molecule has 2 rings (SSSR count). The van der Waals surface area contributed by atoms with Gasteiger partial charge in [-0.05, 0) is 18.2 Å². The number of rotatable bonds is 3. The molecule has 1 aromatic carbocycles. The van der Waals surface area contributed by atoms with Crippen molar-refractivity contribution in [3.8, 4) is 11.3 Å². The molecule has 1 heterocycles. The molecule has 2 aromatic rings. The van der Waals surface area contributed by atoms with Crippen LogP contribution in [-0.2, 0) is 4.79 Å². The zero-order valence-electron chi connectivity index (χ0n) is 8.71.